The van der Waals surface area contributed by atoms with E-state index in [1.807, 2.05) is 70.6 Å². The van der Waals surface area contributed by atoms with Crippen LogP contribution in [0.15, 0.2) is 96.5 Å². The van der Waals surface area contributed by atoms with E-state index < -0.39 is 6.04 Å². The number of piperidine rings is 1. The number of ether oxygens (including phenoxy) is 1. The third-order valence-corrected chi connectivity index (χ3v) is 11.8. The maximum Gasteiger partial charge on any atom is 0.251 e. The highest BCUT2D eigenvalue weighted by atomic mass is 16.5. The van der Waals surface area contributed by atoms with Gasteiger partial charge >= 0.3 is 0 Å². The Labute approximate surface area is 329 Å². The van der Waals surface area contributed by atoms with Crippen LogP contribution >= 0.6 is 0 Å². The summed E-state index contributed by atoms with van der Waals surface area (Å²) in [5, 5.41) is 6.51. The highest BCUT2D eigenvalue weighted by Gasteiger charge is 2.37. The molecule has 1 saturated carbocycles. The molecule has 56 heavy (non-hydrogen) atoms. The normalized spacial score (nSPS) is 20.1. The fourth-order valence-corrected chi connectivity index (χ4v) is 8.54. The largest absolute Gasteiger partial charge is 0.483 e. The molecule has 292 valence electrons. The average molecular weight is 756 g/mol. The van der Waals surface area contributed by atoms with Gasteiger partial charge < -0.3 is 30.2 Å². The third kappa shape index (κ3) is 8.53. The highest BCUT2D eigenvalue weighted by molar-refractivity contribution is 5.94. The number of hydrogen-bond acceptors (Lipinski definition) is 7. The topological polar surface area (TPSA) is 123 Å². The Hall–Kier alpha value is -5.42. The van der Waals surface area contributed by atoms with Crippen molar-refractivity contribution in [3.05, 3.63) is 113 Å². The summed E-state index contributed by atoms with van der Waals surface area (Å²) < 4.78 is 5.66. The second-order valence-electron chi connectivity index (χ2n) is 15.6. The monoisotopic (exact) mass is 755 g/mol. The summed E-state index contributed by atoms with van der Waals surface area (Å²) >= 11 is 0. The van der Waals surface area contributed by atoms with Crippen molar-refractivity contribution in [2.75, 3.05) is 46.4 Å². The van der Waals surface area contributed by atoms with E-state index in [-0.39, 0.29) is 29.8 Å². The Morgan fingerprint density at radius 2 is 1.48 bits per heavy atom. The molecule has 3 amide bonds. The molecule has 3 aliphatic heterocycles. The summed E-state index contributed by atoms with van der Waals surface area (Å²) in [5.41, 5.74) is 6.66. The first-order valence-electron chi connectivity index (χ1n) is 20.4. The van der Waals surface area contributed by atoms with Crippen LogP contribution in [-0.4, -0.2) is 94.8 Å². The minimum absolute atomic E-state index is 0.0100. The van der Waals surface area contributed by atoms with Crippen molar-refractivity contribution in [1.29, 1.82) is 0 Å². The van der Waals surface area contributed by atoms with Crippen LogP contribution in [0.2, 0.25) is 0 Å². The number of methoxy groups -OCH3 is 1. The lowest BCUT2D eigenvalue weighted by molar-refractivity contribution is -0.135. The Morgan fingerprint density at radius 3 is 2.20 bits per heavy atom. The summed E-state index contributed by atoms with van der Waals surface area (Å²) in [6, 6.07) is 25.1. The zero-order valence-corrected chi connectivity index (χ0v) is 32.3. The first kappa shape index (κ1) is 37.5. The maximum atomic E-state index is 14.2. The number of carbonyl (C=O) groups is 3. The van der Waals surface area contributed by atoms with Gasteiger partial charge in [0.25, 0.3) is 5.91 Å². The predicted molar refractivity (Wildman–Crippen MR) is 216 cm³/mol. The van der Waals surface area contributed by atoms with Gasteiger partial charge in [-0.2, -0.15) is 0 Å². The fraction of sp³-hybridized carbons (Fsp3) is 0.422. The van der Waals surface area contributed by atoms with Crippen molar-refractivity contribution in [3.63, 3.8) is 0 Å². The molecule has 4 heterocycles. The van der Waals surface area contributed by atoms with Crippen LogP contribution in [0.4, 0.5) is 0 Å². The number of likely N-dealkylation sites (tertiary alicyclic amines) is 3. The predicted octanol–water partition coefficient (Wildman–Crippen LogP) is 6.60. The number of benzene rings is 3. The van der Waals surface area contributed by atoms with Gasteiger partial charge in [-0.05, 0) is 104 Å². The molecule has 4 aromatic rings. The lowest BCUT2D eigenvalue weighted by atomic mass is 10.0. The van der Waals surface area contributed by atoms with Crippen molar-refractivity contribution >= 4 is 17.7 Å². The van der Waals surface area contributed by atoms with E-state index >= 15 is 0 Å². The Morgan fingerprint density at radius 1 is 0.804 bits per heavy atom. The summed E-state index contributed by atoms with van der Waals surface area (Å²) in [6.45, 7) is 4.39. The van der Waals surface area contributed by atoms with Gasteiger partial charge in [-0.3, -0.25) is 19.3 Å². The van der Waals surface area contributed by atoms with E-state index in [2.05, 4.69) is 44.8 Å². The minimum Gasteiger partial charge on any atom is -0.483 e. The molecule has 0 radical (unpaired) electrons. The molecule has 3 aromatic carbocycles. The van der Waals surface area contributed by atoms with Gasteiger partial charge in [0.1, 0.15) is 11.9 Å². The lowest BCUT2D eigenvalue weighted by Crippen LogP contribution is -2.47. The second kappa shape index (κ2) is 17.2. The van der Waals surface area contributed by atoms with Gasteiger partial charge in [0.15, 0.2) is 5.88 Å². The molecule has 11 heteroatoms. The highest BCUT2D eigenvalue weighted by Crippen LogP contribution is 2.36. The molecular weight excluding hydrogens is 703 g/mol. The van der Waals surface area contributed by atoms with Crippen molar-refractivity contribution in [2.45, 2.75) is 75.9 Å². The van der Waals surface area contributed by atoms with Crippen LogP contribution in [0, 0.1) is 0 Å². The van der Waals surface area contributed by atoms with Crippen LogP contribution in [0.5, 0.6) is 0 Å². The number of hydrogen-bond donors (Lipinski definition) is 3. The number of aromatic nitrogens is 2. The number of imidazole rings is 1. The summed E-state index contributed by atoms with van der Waals surface area (Å²) in [4.78, 5) is 54.9. The summed E-state index contributed by atoms with van der Waals surface area (Å²) in [7, 11) is 1.65. The number of nitrogens with zero attached hydrogens (tertiary/aromatic N) is 4. The minimum atomic E-state index is -0.556. The smallest absolute Gasteiger partial charge is 0.251 e. The lowest BCUT2D eigenvalue weighted by Gasteiger charge is -2.30. The molecule has 4 fully saturated rings. The van der Waals surface area contributed by atoms with Crippen LogP contribution in [0.25, 0.3) is 22.4 Å². The van der Waals surface area contributed by atoms with E-state index in [9.17, 15) is 14.4 Å². The Bertz CT molecular complexity index is 2010. The van der Waals surface area contributed by atoms with Gasteiger partial charge in [-0.1, -0.05) is 73.2 Å². The van der Waals surface area contributed by atoms with Crippen molar-refractivity contribution in [2.24, 2.45) is 0 Å². The average Bonchev–Trinajstić information content (AvgIpc) is 3.58. The molecule has 8 rings (SSSR count). The standard InChI is InChI=1S/C45H53N7O4/c1-56-44(36-22-23-36)49-41(34-10-4-2-5-11-34)45(55)52-27-9-13-39(52)42-46-29-38(48-42)33-18-14-31(15-19-33)32-16-20-35(21-17-32)43(54)47-28-37-12-8-26-51(37)40(53)30-50-24-6-3-7-25-50/h2,4-5,10-11,14-21,29,37,39,41,49H,3,6-9,12-13,22-28,30H2,1H3,(H,46,48)(H,47,54)/t37-,39-,41+/m0/s1. The molecule has 1 aromatic heterocycles. The molecule has 3 atom stereocenters. The van der Waals surface area contributed by atoms with E-state index in [4.69, 9.17) is 9.72 Å². The SMILES string of the molecule is COC(N[C@@H](C(=O)N1CCC[C@H]1c1ncc(-c2ccc(-c3ccc(C(=O)NC[C@@H]4CCCN4C(=O)CN4CCCCC4)cc3)cc2)[nH]1)c1ccccc1)=C1CC1. The van der Waals surface area contributed by atoms with Crippen molar-refractivity contribution in [3.8, 4) is 22.4 Å². The number of nitrogens with one attached hydrogen (secondary N) is 3. The van der Waals surface area contributed by atoms with Gasteiger partial charge in [0.2, 0.25) is 11.8 Å². The van der Waals surface area contributed by atoms with Gasteiger partial charge in [-0.15, -0.1) is 0 Å². The van der Waals surface area contributed by atoms with E-state index in [0.717, 1.165) is 91.9 Å². The molecule has 11 nitrogen and oxygen atoms in total. The molecule has 3 N–H and O–H groups in total. The quantitative estimate of drug-likeness (QED) is 0.132. The first-order valence-corrected chi connectivity index (χ1v) is 20.4. The number of allylic oxidation sites excluding steroid dienone is 1. The van der Waals surface area contributed by atoms with Gasteiger partial charge in [0, 0.05) is 31.2 Å². The first-order chi connectivity index (χ1) is 27.4. The summed E-state index contributed by atoms with van der Waals surface area (Å²) in [6.07, 6.45) is 11.0. The molecule has 0 bridgehead atoms. The Balaban J connectivity index is 0.876. The maximum absolute atomic E-state index is 14.2. The second-order valence-corrected chi connectivity index (χ2v) is 15.6. The number of amides is 3. The van der Waals surface area contributed by atoms with E-state index in [0.29, 0.717) is 31.1 Å². The van der Waals surface area contributed by atoms with Gasteiger partial charge in [0.05, 0.1) is 31.6 Å². The number of aromatic amines is 1. The molecular formula is C45H53N7O4. The fourth-order valence-electron chi connectivity index (χ4n) is 8.54. The van der Waals surface area contributed by atoms with Crippen molar-refractivity contribution in [1.82, 2.24) is 35.3 Å². The molecule has 3 saturated heterocycles. The van der Waals surface area contributed by atoms with Gasteiger partial charge in [-0.25, -0.2) is 4.98 Å². The zero-order chi connectivity index (χ0) is 38.4. The molecule has 0 unspecified atom stereocenters. The van der Waals surface area contributed by atoms with Crippen LogP contribution in [0.1, 0.15) is 91.6 Å². The zero-order valence-electron chi connectivity index (χ0n) is 32.3. The summed E-state index contributed by atoms with van der Waals surface area (Å²) in [5.74, 6) is 1.56. The molecule has 1 aliphatic carbocycles. The molecule has 0 spiro atoms. The Kier molecular flexibility index (Phi) is 11.5. The number of H-pyrrole nitrogens is 1. The number of carbonyl (C=O) groups excluding carboxylic acids is 3. The van der Waals surface area contributed by atoms with Crippen molar-refractivity contribution < 1.29 is 19.1 Å². The van der Waals surface area contributed by atoms with Crippen LogP contribution in [-0.2, 0) is 14.3 Å². The van der Waals surface area contributed by atoms with Crippen LogP contribution in [0.3, 0.4) is 0 Å². The molecule has 4 aliphatic rings. The van der Waals surface area contributed by atoms with E-state index in [1.165, 1.54) is 24.8 Å². The third-order valence-electron chi connectivity index (χ3n) is 11.8. The van der Waals surface area contributed by atoms with E-state index in [1.54, 1.807) is 7.11 Å². The van der Waals surface area contributed by atoms with Crippen LogP contribution < -0.4 is 10.6 Å². The number of rotatable bonds is 13.